The minimum atomic E-state index is -1.22. The molecule has 3 aromatic rings. The van der Waals surface area contributed by atoms with Crippen molar-refractivity contribution in [3.8, 4) is 5.69 Å². The van der Waals surface area contributed by atoms with Crippen LogP contribution in [0, 0.1) is 10.1 Å². The molecule has 1 aromatic heterocycles. The number of nitro groups is 1. The SMILES string of the molecule is O=[N+]([O-])c1ccc2c(c1)C(c1ccccc1Cl)=NC(O)c1nccn1-2. The van der Waals surface area contributed by atoms with Crippen LogP contribution in [-0.4, -0.2) is 25.3 Å². The van der Waals surface area contributed by atoms with Crippen LogP contribution in [0.2, 0.25) is 5.02 Å². The maximum absolute atomic E-state index is 11.2. The van der Waals surface area contributed by atoms with E-state index < -0.39 is 11.2 Å². The van der Waals surface area contributed by atoms with E-state index in [1.807, 2.05) is 0 Å². The van der Waals surface area contributed by atoms with E-state index in [2.05, 4.69) is 9.98 Å². The number of aliphatic imine (C=N–C) groups is 1. The summed E-state index contributed by atoms with van der Waals surface area (Å²) in [6.45, 7) is 0. The Labute approximate surface area is 147 Å². The van der Waals surface area contributed by atoms with Gasteiger partial charge in [-0.2, -0.15) is 0 Å². The van der Waals surface area contributed by atoms with Gasteiger partial charge in [0.05, 0.1) is 16.3 Å². The molecule has 1 unspecified atom stereocenters. The summed E-state index contributed by atoms with van der Waals surface area (Å²) in [5.41, 5.74) is 2.01. The van der Waals surface area contributed by atoms with Crippen LogP contribution in [0.4, 0.5) is 5.69 Å². The number of benzene rings is 2. The summed E-state index contributed by atoms with van der Waals surface area (Å²) in [4.78, 5) is 19.2. The molecule has 2 heterocycles. The van der Waals surface area contributed by atoms with Crippen molar-refractivity contribution >= 4 is 23.0 Å². The van der Waals surface area contributed by atoms with Crippen LogP contribution in [-0.2, 0) is 0 Å². The molecule has 1 aliphatic heterocycles. The summed E-state index contributed by atoms with van der Waals surface area (Å²) in [6, 6.07) is 11.5. The number of halogens is 1. The number of aromatic nitrogens is 2. The number of imidazole rings is 1. The normalized spacial score (nSPS) is 15.8. The molecule has 7 nitrogen and oxygen atoms in total. The molecule has 0 fully saturated rings. The van der Waals surface area contributed by atoms with E-state index in [4.69, 9.17) is 11.6 Å². The molecule has 0 saturated carbocycles. The molecule has 124 valence electrons. The number of fused-ring (bicyclic) bond motifs is 3. The van der Waals surface area contributed by atoms with Gasteiger partial charge in [0.2, 0.25) is 6.23 Å². The first-order valence-electron chi connectivity index (χ1n) is 7.39. The molecule has 0 aliphatic carbocycles. The number of nitrogens with zero attached hydrogens (tertiary/aromatic N) is 4. The van der Waals surface area contributed by atoms with Crippen LogP contribution in [0.1, 0.15) is 23.2 Å². The molecule has 2 aromatic carbocycles. The maximum Gasteiger partial charge on any atom is 0.270 e. The highest BCUT2D eigenvalue weighted by atomic mass is 35.5. The third-order valence-electron chi connectivity index (χ3n) is 3.99. The van der Waals surface area contributed by atoms with Crippen molar-refractivity contribution < 1.29 is 10.0 Å². The molecule has 1 atom stereocenters. The number of nitro benzene ring substituents is 1. The minimum Gasteiger partial charge on any atom is -0.365 e. The van der Waals surface area contributed by atoms with Crippen molar-refractivity contribution in [2.75, 3.05) is 0 Å². The Hall–Kier alpha value is -3.03. The summed E-state index contributed by atoms with van der Waals surface area (Å²) >= 11 is 6.29. The van der Waals surface area contributed by atoms with Gasteiger partial charge in [0.15, 0.2) is 5.82 Å². The Kier molecular flexibility index (Phi) is 3.60. The van der Waals surface area contributed by atoms with Crippen LogP contribution in [0.25, 0.3) is 5.69 Å². The van der Waals surface area contributed by atoms with Gasteiger partial charge in [0.1, 0.15) is 0 Å². The Balaban J connectivity index is 2.05. The van der Waals surface area contributed by atoms with Gasteiger partial charge in [0, 0.05) is 40.7 Å². The maximum atomic E-state index is 11.2. The zero-order valence-corrected chi connectivity index (χ0v) is 13.5. The van der Waals surface area contributed by atoms with Crippen LogP contribution in [0.5, 0.6) is 0 Å². The van der Waals surface area contributed by atoms with Crippen LogP contribution in [0.3, 0.4) is 0 Å². The number of aliphatic hydroxyl groups is 1. The highest BCUT2D eigenvalue weighted by Crippen LogP contribution is 2.32. The Bertz CT molecular complexity index is 1030. The summed E-state index contributed by atoms with van der Waals surface area (Å²) in [7, 11) is 0. The molecular weight excluding hydrogens is 344 g/mol. The van der Waals surface area contributed by atoms with Gasteiger partial charge in [-0.3, -0.25) is 14.7 Å². The fraction of sp³-hybridized carbons (Fsp3) is 0.0588. The van der Waals surface area contributed by atoms with Crippen LogP contribution in [0.15, 0.2) is 59.9 Å². The second-order valence-corrected chi connectivity index (χ2v) is 5.85. The Morgan fingerprint density at radius 2 is 2.00 bits per heavy atom. The van der Waals surface area contributed by atoms with Gasteiger partial charge in [-0.1, -0.05) is 29.8 Å². The fourth-order valence-electron chi connectivity index (χ4n) is 2.86. The molecule has 0 bridgehead atoms. The van der Waals surface area contributed by atoms with Crippen LogP contribution >= 0.6 is 11.6 Å². The Morgan fingerprint density at radius 3 is 2.76 bits per heavy atom. The molecule has 0 amide bonds. The lowest BCUT2D eigenvalue weighted by atomic mass is 9.99. The number of hydrogen-bond donors (Lipinski definition) is 1. The van der Waals surface area contributed by atoms with Crippen molar-refractivity contribution in [3.63, 3.8) is 0 Å². The summed E-state index contributed by atoms with van der Waals surface area (Å²) < 4.78 is 1.66. The topological polar surface area (TPSA) is 93.6 Å². The number of rotatable bonds is 2. The summed E-state index contributed by atoms with van der Waals surface area (Å²) in [5, 5.41) is 22.1. The molecule has 0 saturated heterocycles. The third kappa shape index (κ3) is 2.50. The highest BCUT2D eigenvalue weighted by molar-refractivity contribution is 6.35. The molecule has 0 spiro atoms. The van der Waals surface area contributed by atoms with Crippen molar-refractivity contribution in [3.05, 3.63) is 86.9 Å². The predicted molar refractivity (Wildman–Crippen MR) is 92.3 cm³/mol. The van der Waals surface area contributed by atoms with Gasteiger partial charge in [-0.25, -0.2) is 9.98 Å². The second-order valence-electron chi connectivity index (χ2n) is 5.45. The van der Waals surface area contributed by atoms with Gasteiger partial charge >= 0.3 is 0 Å². The summed E-state index contributed by atoms with van der Waals surface area (Å²) in [6.07, 6.45) is 2.00. The zero-order valence-electron chi connectivity index (χ0n) is 12.7. The largest absolute Gasteiger partial charge is 0.365 e. The monoisotopic (exact) mass is 354 g/mol. The minimum absolute atomic E-state index is 0.0726. The number of non-ortho nitro benzene ring substituents is 1. The molecule has 1 aliphatic rings. The fourth-order valence-corrected chi connectivity index (χ4v) is 3.09. The summed E-state index contributed by atoms with van der Waals surface area (Å²) in [5.74, 6) is 0.331. The van der Waals surface area contributed by atoms with E-state index in [1.54, 1.807) is 47.3 Å². The van der Waals surface area contributed by atoms with E-state index in [0.717, 1.165) is 0 Å². The lowest BCUT2D eigenvalue weighted by Crippen LogP contribution is -2.08. The molecule has 25 heavy (non-hydrogen) atoms. The lowest BCUT2D eigenvalue weighted by Gasteiger charge is -2.12. The van der Waals surface area contributed by atoms with Gasteiger partial charge in [-0.05, 0) is 12.1 Å². The Morgan fingerprint density at radius 1 is 1.20 bits per heavy atom. The molecular formula is C17H11ClN4O3. The van der Waals surface area contributed by atoms with E-state index >= 15 is 0 Å². The first-order valence-corrected chi connectivity index (χ1v) is 7.77. The molecule has 0 radical (unpaired) electrons. The average molecular weight is 355 g/mol. The smallest absolute Gasteiger partial charge is 0.270 e. The molecule has 8 heteroatoms. The molecule has 4 rings (SSSR count). The van der Waals surface area contributed by atoms with Crippen LogP contribution < -0.4 is 0 Å². The molecule has 1 N–H and O–H groups in total. The average Bonchev–Trinajstić information content (AvgIpc) is 3.05. The van der Waals surface area contributed by atoms with E-state index in [1.165, 1.54) is 12.1 Å². The van der Waals surface area contributed by atoms with E-state index in [9.17, 15) is 15.2 Å². The number of aliphatic hydroxyl groups excluding tert-OH is 1. The standard InChI is InChI=1S/C17H11ClN4O3/c18-13-4-2-1-3-11(13)15-12-9-10(22(24)25)5-6-14(12)21-8-7-19-16(21)17(23)20-15/h1-9,17,23H. The lowest BCUT2D eigenvalue weighted by molar-refractivity contribution is -0.384. The quantitative estimate of drug-likeness (QED) is 0.564. The van der Waals surface area contributed by atoms with Crippen molar-refractivity contribution in [2.24, 2.45) is 4.99 Å². The van der Waals surface area contributed by atoms with Crippen molar-refractivity contribution in [2.45, 2.75) is 6.23 Å². The first-order chi connectivity index (χ1) is 12.1. The number of hydrogen-bond acceptors (Lipinski definition) is 5. The first kappa shape index (κ1) is 15.5. The predicted octanol–water partition coefficient (Wildman–Crippen LogP) is 3.28. The zero-order chi connectivity index (χ0) is 17.6. The van der Waals surface area contributed by atoms with Crippen molar-refractivity contribution in [1.29, 1.82) is 0 Å². The van der Waals surface area contributed by atoms with Gasteiger partial charge in [0.25, 0.3) is 5.69 Å². The van der Waals surface area contributed by atoms with Gasteiger partial charge in [-0.15, -0.1) is 0 Å². The highest BCUT2D eigenvalue weighted by Gasteiger charge is 2.26. The van der Waals surface area contributed by atoms with Gasteiger partial charge < -0.3 is 5.11 Å². The van der Waals surface area contributed by atoms with E-state index in [0.29, 0.717) is 33.4 Å². The second kappa shape index (κ2) is 5.80. The van der Waals surface area contributed by atoms with Crippen molar-refractivity contribution in [1.82, 2.24) is 9.55 Å². The van der Waals surface area contributed by atoms with E-state index in [-0.39, 0.29) is 5.69 Å². The third-order valence-corrected chi connectivity index (χ3v) is 4.32.